The SMILES string of the molecule is S=C(NCC1(c2ccccc2)CCCCC1)Nc1nc(N2CCCC2)cc(N2CCCC2)n1. The zero-order valence-corrected chi connectivity index (χ0v) is 20.4. The van der Waals surface area contributed by atoms with Crippen molar-refractivity contribution in [2.24, 2.45) is 0 Å². The van der Waals surface area contributed by atoms with Crippen LogP contribution in [0.4, 0.5) is 17.6 Å². The summed E-state index contributed by atoms with van der Waals surface area (Å²) in [5.41, 5.74) is 1.56. The van der Waals surface area contributed by atoms with E-state index < -0.39 is 0 Å². The first-order chi connectivity index (χ1) is 16.2. The summed E-state index contributed by atoms with van der Waals surface area (Å²) in [7, 11) is 0. The first-order valence-electron chi connectivity index (χ1n) is 12.7. The summed E-state index contributed by atoms with van der Waals surface area (Å²) in [5.74, 6) is 2.64. The molecule has 2 aromatic rings. The van der Waals surface area contributed by atoms with Crippen LogP contribution in [-0.4, -0.2) is 47.8 Å². The van der Waals surface area contributed by atoms with Crippen LogP contribution in [0.3, 0.4) is 0 Å². The van der Waals surface area contributed by atoms with E-state index in [1.54, 1.807) is 0 Å². The highest BCUT2D eigenvalue weighted by molar-refractivity contribution is 7.80. The smallest absolute Gasteiger partial charge is 0.232 e. The summed E-state index contributed by atoms with van der Waals surface area (Å²) in [6.07, 6.45) is 11.2. The highest BCUT2D eigenvalue weighted by Gasteiger charge is 2.33. The number of hydrogen-bond acceptors (Lipinski definition) is 5. The molecule has 3 heterocycles. The van der Waals surface area contributed by atoms with E-state index in [1.165, 1.54) is 63.4 Å². The van der Waals surface area contributed by atoms with Gasteiger partial charge in [-0.05, 0) is 56.3 Å². The molecule has 0 radical (unpaired) electrons. The summed E-state index contributed by atoms with van der Waals surface area (Å²) in [5, 5.41) is 7.47. The molecule has 33 heavy (non-hydrogen) atoms. The largest absolute Gasteiger partial charge is 0.361 e. The van der Waals surface area contributed by atoms with Gasteiger partial charge in [0.05, 0.1) is 0 Å². The maximum atomic E-state index is 5.73. The van der Waals surface area contributed by atoms with Crippen molar-refractivity contribution in [3.8, 4) is 0 Å². The molecule has 0 bridgehead atoms. The highest BCUT2D eigenvalue weighted by Crippen LogP contribution is 2.39. The average molecular weight is 465 g/mol. The van der Waals surface area contributed by atoms with Crippen LogP contribution < -0.4 is 20.4 Å². The van der Waals surface area contributed by atoms with Crippen molar-refractivity contribution >= 4 is 34.9 Å². The molecule has 2 saturated heterocycles. The Bertz CT molecular complexity index is 897. The minimum atomic E-state index is 0.143. The zero-order valence-electron chi connectivity index (χ0n) is 19.6. The molecule has 0 amide bonds. The van der Waals surface area contributed by atoms with Gasteiger partial charge < -0.3 is 20.4 Å². The van der Waals surface area contributed by atoms with Gasteiger partial charge >= 0.3 is 0 Å². The zero-order chi connectivity index (χ0) is 22.5. The van der Waals surface area contributed by atoms with Crippen molar-refractivity contribution in [1.82, 2.24) is 15.3 Å². The third kappa shape index (κ3) is 5.24. The Labute approximate surface area is 203 Å². The van der Waals surface area contributed by atoms with Gasteiger partial charge in [0.2, 0.25) is 5.95 Å². The van der Waals surface area contributed by atoms with Crippen molar-refractivity contribution in [1.29, 1.82) is 0 Å². The molecule has 1 saturated carbocycles. The van der Waals surface area contributed by atoms with Crippen LogP contribution >= 0.6 is 12.2 Å². The fourth-order valence-corrected chi connectivity index (χ4v) is 5.84. The molecule has 2 N–H and O–H groups in total. The lowest BCUT2D eigenvalue weighted by Gasteiger charge is -2.38. The third-order valence-electron chi connectivity index (χ3n) is 7.57. The summed E-state index contributed by atoms with van der Waals surface area (Å²) in [6, 6.07) is 13.1. The Kier molecular flexibility index (Phi) is 6.95. The lowest BCUT2D eigenvalue weighted by atomic mass is 9.69. The molecule has 1 aromatic carbocycles. The third-order valence-corrected chi connectivity index (χ3v) is 7.82. The minimum absolute atomic E-state index is 0.143. The van der Waals surface area contributed by atoms with Crippen molar-refractivity contribution in [3.05, 3.63) is 42.0 Å². The maximum Gasteiger partial charge on any atom is 0.232 e. The first-order valence-corrected chi connectivity index (χ1v) is 13.1. The van der Waals surface area contributed by atoms with E-state index in [9.17, 15) is 0 Å². The molecule has 176 valence electrons. The summed E-state index contributed by atoms with van der Waals surface area (Å²) in [4.78, 5) is 14.4. The Hall–Kier alpha value is -2.41. The number of anilines is 3. The quantitative estimate of drug-likeness (QED) is 0.592. The molecule has 3 aliphatic rings. The molecule has 2 aliphatic heterocycles. The number of aromatic nitrogens is 2. The van der Waals surface area contributed by atoms with Crippen LogP contribution in [0.25, 0.3) is 0 Å². The maximum absolute atomic E-state index is 5.73. The Morgan fingerprint density at radius 2 is 1.39 bits per heavy atom. The predicted octanol–water partition coefficient (Wildman–Crippen LogP) is 4.87. The summed E-state index contributed by atoms with van der Waals surface area (Å²) < 4.78 is 0. The van der Waals surface area contributed by atoms with Crippen LogP contribution in [0.1, 0.15) is 63.4 Å². The van der Waals surface area contributed by atoms with E-state index in [4.69, 9.17) is 22.2 Å². The minimum Gasteiger partial charge on any atom is -0.361 e. The first kappa shape index (κ1) is 22.4. The van der Waals surface area contributed by atoms with Gasteiger partial charge in [-0.25, -0.2) is 0 Å². The summed E-state index contributed by atoms with van der Waals surface area (Å²) in [6.45, 7) is 5.11. The van der Waals surface area contributed by atoms with Crippen molar-refractivity contribution < 1.29 is 0 Å². The van der Waals surface area contributed by atoms with E-state index in [-0.39, 0.29) is 5.41 Å². The van der Waals surface area contributed by atoms with Gasteiger partial charge in [0, 0.05) is 44.2 Å². The molecule has 5 rings (SSSR count). The fraction of sp³-hybridized carbons (Fsp3) is 0.577. The molecule has 7 heteroatoms. The van der Waals surface area contributed by atoms with Crippen LogP contribution in [0.5, 0.6) is 0 Å². The number of hydrogen-bond donors (Lipinski definition) is 2. The molecule has 1 aromatic heterocycles. The molecule has 0 unspecified atom stereocenters. The standard InChI is InChI=1S/C26H36N6S/c33-25(27-20-26(13-5-2-6-14-26)21-11-3-1-4-12-21)30-24-28-22(31-15-7-8-16-31)19-23(29-24)32-17-9-10-18-32/h1,3-4,11-12,19H,2,5-10,13-18,20H2,(H2,27,28,29,30,33). The highest BCUT2D eigenvalue weighted by atomic mass is 32.1. The van der Waals surface area contributed by atoms with Crippen LogP contribution in [0.2, 0.25) is 0 Å². The van der Waals surface area contributed by atoms with Gasteiger partial charge in [0.1, 0.15) is 11.6 Å². The molecular weight excluding hydrogens is 428 g/mol. The van der Waals surface area contributed by atoms with Crippen LogP contribution in [0.15, 0.2) is 36.4 Å². The van der Waals surface area contributed by atoms with E-state index in [0.717, 1.165) is 44.4 Å². The normalized spacial score (nSPS) is 20.1. The molecule has 0 spiro atoms. The van der Waals surface area contributed by atoms with Gasteiger partial charge in [-0.15, -0.1) is 0 Å². The van der Waals surface area contributed by atoms with E-state index >= 15 is 0 Å². The molecule has 6 nitrogen and oxygen atoms in total. The second kappa shape index (κ2) is 10.2. The predicted molar refractivity (Wildman–Crippen MR) is 140 cm³/mol. The number of nitrogens with zero attached hydrogens (tertiary/aromatic N) is 4. The van der Waals surface area contributed by atoms with Gasteiger partial charge in [0.25, 0.3) is 0 Å². The fourth-order valence-electron chi connectivity index (χ4n) is 5.68. The van der Waals surface area contributed by atoms with Crippen molar-refractivity contribution in [3.63, 3.8) is 0 Å². The van der Waals surface area contributed by atoms with Crippen molar-refractivity contribution in [2.75, 3.05) is 47.8 Å². The molecule has 3 fully saturated rings. The number of benzene rings is 1. The van der Waals surface area contributed by atoms with Gasteiger partial charge in [-0.3, -0.25) is 0 Å². The summed E-state index contributed by atoms with van der Waals surface area (Å²) >= 11 is 5.73. The van der Waals surface area contributed by atoms with E-state index in [1.807, 2.05) is 0 Å². The van der Waals surface area contributed by atoms with Crippen molar-refractivity contribution in [2.45, 2.75) is 63.2 Å². The Morgan fingerprint density at radius 1 is 0.818 bits per heavy atom. The average Bonchev–Trinajstić information content (AvgIpc) is 3.59. The Morgan fingerprint density at radius 3 is 1.97 bits per heavy atom. The molecular formula is C26H36N6S. The molecule has 0 atom stereocenters. The van der Waals surface area contributed by atoms with Crippen LogP contribution in [0, 0.1) is 0 Å². The van der Waals surface area contributed by atoms with Gasteiger partial charge in [0.15, 0.2) is 5.11 Å². The number of rotatable bonds is 6. The monoisotopic (exact) mass is 464 g/mol. The van der Waals surface area contributed by atoms with Crippen LogP contribution in [-0.2, 0) is 5.41 Å². The van der Waals surface area contributed by atoms with E-state index in [0.29, 0.717) is 11.1 Å². The lowest BCUT2D eigenvalue weighted by molar-refractivity contribution is 0.292. The Balaban J connectivity index is 1.30. The lowest BCUT2D eigenvalue weighted by Crippen LogP contribution is -2.43. The topological polar surface area (TPSA) is 56.3 Å². The van der Waals surface area contributed by atoms with E-state index in [2.05, 4.69) is 56.8 Å². The second-order valence-electron chi connectivity index (χ2n) is 9.81. The van der Waals surface area contributed by atoms with Gasteiger partial charge in [-0.1, -0.05) is 49.6 Å². The van der Waals surface area contributed by atoms with Gasteiger partial charge in [-0.2, -0.15) is 9.97 Å². The number of nitrogens with one attached hydrogen (secondary N) is 2. The molecule has 1 aliphatic carbocycles. The number of thiocarbonyl (C=S) groups is 1. The second-order valence-corrected chi connectivity index (χ2v) is 10.2.